The molecule has 2 rings (SSSR count). The third-order valence-electron chi connectivity index (χ3n) is 2.60. The first kappa shape index (κ1) is 14.8. The van der Waals surface area contributed by atoms with Gasteiger partial charge in [0.15, 0.2) is 6.61 Å². The third-order valence-corrected chi connectivity index (χ3v) is 2.60. The fraction of sp³-hybridized carbons (Fsp3) is 0.308. The molecule has 0 radical (unpaired) electrons. The number of rotatable bonds is 8. The summed E-state index contributed by atoms with van der Waals surface area (Å²) >= 11 is 0. The van der Waals surface area contributed by atoms with Crippen LogP contribution in [0.4, 0.5) is 5.69 Å². The summed E-state index contributed by atoms with van der Waals surface area (Å²) in [6.07, 6.45) is 1.76. The van der Waals surface area contributed by atoms with Crippen molar-refractivity contribution in [3.8, 4) is 5.75 Å². The molecule has 21 heavy (non-hydrogen) atoms. The lowest BCUT2D eigenvalue weighted by atomic mass is 10.3. The zero-order valence-corrected chi connectivity index (χ0v) is 11.4. The number of primary amides is 1. The van der Waals surface area contributed by atoms with E-state index in [9.17, 15) is 4.79 Å². The topological polar surface area (TPSA) is 115 Å². The van der Waals surface area contributed by atoms with Crippen molar-refractivity contribution in [2.75, 3.05) is 18.5 Å². The molecule has 0 saturated heterocycles. The minimum atomic E-state index is -0.520. The molecule has 0 bridgehead atoms. The second kappa shape index (κ2) is 7.25. The number of aliphatic hydroxyl groups is 1. The van der Waals surface area contributed by atoms with Crippen molar-refractivity contribution in [2.24, 2.45) is 5.73 Å². The molecular formula is C13H17N5O3. The summed E-state index contributed by atoms with van der Waals surface area (Å²) in [6, 6.07) is 7.18. The fourth-order valence-corrected chi connectivity index (χ4v) is 1.67. The first-order valence-corrected chi connectivity index (χ1v) is 6.42. The van der Waals surface area contributed by atoms with Crippen LogP contribution in [0.3, 0.4) is 0 Å². The smallest absolute Gasteiger partial charge is 0.255 e. The van der Waals surface area contributed by atoms with Gasteiger partial charge >= 0.3 is 0 Å². The Kier molecular flexibility index (Phi) is 5.10. The molecule has 1 aromatic carbocycles. The molecule has 0 spiro atoms. The van der Waals surface area contributed by atoms with Gasteiger partial charge in [0.1, 0.15) is 11.4 Å². The molecule has 0 aliphatic carbocycles. The summed E-state index contributed by atoms with van der Waals surface area (Å²) in [6.45, 7) is 0.780. The highest BCUT2D eigenvalue weighted by Gasteiger charge is 2.02. The van der Waals surface area contributed by atoms with Crippen molar-refractivity contribution in [1.82, 2.24) is 15.0 Å². The van der Waals surface area contributed by atoms with Crippen molar-refractivity contribution < 1.29 is 14.6 Å². The van der Waals surface area contributed by atoms with E-state index in [0.717, 1.165) is 11.4 Å². The van der Waals surface area contributed by atoms with E-state index in [-0.39, 0.29) is 13.2 Å². The second-order valence-electron chi connectivity index (χ2n) is 4.33. The van der Waals surface area contributed by atoms with Crippen LogP contribution in [0, 0.1) is 0 Å². The van der Waals surface area contributed by atoms with Gasteiger partial charge in [0.2, 0.25) is 0 Å². The number of ether oxygens (including phenoxy) is 1. The predicted octanol–water partition coefficient (Wildman–Crippen LogP) is -0.253. The van der Waals surface area contributed by atoms with Gasteiger partial charge in [0.25, 0.3) is 5.91 Å². The van der Waals surface area contributed by atoms with Crippen LogP contribution in [0.1, 0.15) is 5.69 Å². The number of nitrogens with one attached hydrogen (secondary N) is 1. The number of hydrogen-bond donors (Lipinski definition) is 3. The van der Waals surface area contributed by atoms with Crippen molar-refractivity contribution in [2.45, 2.75) is 13.1 Å². The molecule has 112 valence electrons. The van der Waals surface area contributed by atoms with Gasteiger partial charge < -0.3 is 20.9 Å². The Bertz CT molecular complexity index is 599. The largest absolute Gasteiger partial charge is 0.484 e. The summed E-state index contributed by atoms with van der Waals surface area (Å²) in [4.78, 5) is 10.7. The Morgan fingerprint density at radius 2 is 2.33 bits per heavy atom. The maximum Gasteiger partial charge on any atom is 0.255 e. The Morgan fingerprint density at radius 1 is 1.48 bits per heavy atom. The highest BCUT2D eigenvalue weighted by molar-refractivity contribution is 5.75. The Labute approximate surface area is 121 Å². The molecule has 2 aromatic rings. The number of nitrogens with zero attached hydrogens (tertiary/aromatic N) is 3. The van der Waals surface area contributed by atoms with Crippen molar-refractivity contribution in [3.63, 3.8) is 0 Å². The van der Waals surface area contributed by atoms with Gasteiger partial charge in [0, 0.05) is 11.8 Å². The lowest BCUT2D eigenvalue weighted by Gasteiger charge is -2.07. The molecule has 0 saturated carbocycles. The van der Waals surface area contributed by atoms with Gasteiger partial charge in [-0.2, -0.15) is 0 Å². The molecule has 4 N–H and O–H groups in total. The first-order chi connectivity index (χ1) is 10.2. The van der Waals surface area contributed by atoms with Crippen LogP contribution >= 0.6 is 0 Å². The van der Waals surface area contributed by atoms with Gasteiger partial charge in [-0.15, -0.1) is 5.10 Å². The van der Waals surface area contributed by atoms with E-state index < -0.39 is 5.91 Å². The summed E-state index contributed by atoms with van der Waals surface area (Å²) in [5.74, 6) is 0.0385. The Hall–Kier alpha value is -2.61. The summed E-state index contributed by atoms with van der Waals surface area (Å²) in [7, 11) is 0. The molecule has 0 aliphatic heterocycles. The van der Waals surface area contributed by atoms with Crippen LogP contribution in [0.2, 0.25) is 0 Å². The van der Waals surface area contributed by atoms with Crippen molar-refractivity contribution >= 4 is 11.6 Å². The van der Waals surface area contributed by atoms with Crippen molar-refractivity contribution in [1.29, 1.82) is 0 Å². The minimum absolute atomic E-state index is 0.0233. The molecule has 0 aliphatic rings. The van der Waals surface area contributed by atoms with E-state index in [1.165, 1.54) is 0 Å². The van der Waals surface area contributed by atoms with Crippen LogP contribution in [0.25, 0.3) is 0 Å². The monoisotopic (exact) mass is 291 g/mol. The number of aliphatic hydroxyl groups excluding tert-OH is 1. The van der Waals surface area contributed by atoms with E-state index >= 15 is 0 Å². The van der Waals surface area contributed by atoms with E-state index in [4.69, 9.17) is 15.6 Å². The van der Waals surface area contributed by atoms with Gasteiger partial charge in [0.05, 0.1) is 25.9 Å². The maximum absolute atomic E-state index is 10.7. The quantitative estimate of drug-likeness (QED) is 0.617. The standard InChI is InChI=1S/C13H17N5O3/c14-13(20)9-21-12-3-1-2-10(6-12)15-7-11-8-18(4-5-19)17-16-11/h1-3,6,8,15,19H,4-5,7,9H2,(H2,14,20). The van der Waals surface area contributed by atoms with E-state index in [0.29, 0.717) is 18.8 Å². The lowest BCUT2D eigenvalue weighted by molar-refractivity contribution is -0.119. The molecule has 0 fully saturated rings. The molecule has 8 nitrogen and oxygen atoms in total. The van der Waals surface area contributed by atoms with Gasteiger partial charge in [-0.1, -0.05) is 11.3 Å². The highest BCUT2D eigenvalue weighted by Crippen LogP contribution is 2.17. The number of benzene rings is 1. The van der Waals surface area contributed by atoms with Crippen LogP contribution in [-0.2, 0) is 17.9 Å². The molecule has 1 aromatic heterocycles. The fourth-order valence-electron chi connectivity index (χ4n) is 1.67. The van der Waals surface area contributed by atoms with Crippen LogP contribution < -0.4 is 15.8 Å². The summed E-state index contributed by atoms with van der Waals surface area (Å²) < 4.78 is 6.79. The molecule has 1 heterocycles. The SMILES string of the molecule is NC(=O)COc1cccc(NCc2cn(CCO)nn2)c1. The number of nitrogens with two attached hydrogens (primary N) is 1. The number of amides is 1. The minimum Gasteiger partial charge on any atom is -0.484 e. The molecule has 0 unspecified atom stereocenters. The Balaban J connectivity index is 1.89. The van der Waals surface area contributed by atoms with Gasteiger partial charge in [-0.3, -0.25) is 4.79 Å². The number of carbonyl (C=O) groups excluding carboxylic acids is 1. The Morgan fingerprint density at radius 3 is 3.10 bits per heavy atom. The summed E-state index contributed by atoms with van der Waals surface area (Å²) in [5.41, 5.74) is 6.61. The zero-order chi connectivity index (χ0) is 15.1. The number of aromatic nitrogens is 3. The number of hydrogen-bond acceptors (Lipinski definition) is 6. The van der Waals surface area contributed by atoms with Gasteiger partial charge in [-0.25, -0.2) is 4.68 Å². The average Bonchev–Trinajstić information content (AvgIpc) is 2.92. The van der Waals surface area contributed by atoms with Crippen molar-refractivity contribution in [3.05, 3.63) is 36.2 Å². The highest BCUT2D eigenvalue weighted by atomic mass is 16.5. The van der Waals surface area contributed by atoms with Crippen LogP contribution in [0.15, 0.2) is 30.5 Å². The normalized spacial score (nSPS) is 10.3. The molecule has 8 heteroatoms. The lowest BCUT2D eigenvalue weighted by Crippen LogP contribution is -2.20. The number of carbonyl (C=O) groups is 1. The first-order valence-electron chi connectivity index (χ1n) is 6.42. The maximum atomic E-state index is 10.7. The predicted molar refractivity (Wildman–Crippen MR) is 75.6 cm³/mol. The average molecular weight is 291 g/mol. The van der Waals surface area contributed by atoms with E-state index in [1.807, 2.05) is 6.07 Å². The van der Waals surface area contributed by atoms with E-state index in [2.05, 4.69) is 15.6 Å². The van der Waals surface area contributed by atoms with E-state index in [1.54, 1.807) is 29.1 Å². The molecule has 0 atom stereocenters. The summed E-state index contributed by atoms with van der Waals surface area (Å²) in [5, 5.41) is 19.8. The molecule has 1 amide bonds. The third kappa shape index (κ3) is 4.77. The second-order valence-corrected chi connectivity index (χ2v) is 4.33. The van der Waals surface area contributed by atoms with Crippen LogP contribution in [-0.4, -0.2) is 39.2 Å². The van der Waals surface area contributed by atoms with Crippen LogP contribution in [0.5, 0.6) is 5.75 Å². The number of anilines is 1. The van der Waals surface area contributed by atoms with Gasteiger partial charge in [-0.05, 0) is 12.1 Å². The zero-order valence-electron chi connectivity index (χ0n) is 11.4. The molecular weight excluding hydrogens is 274 g/mol.